The Morgan fingerprint density at radius 1 is 1.14 bits per heavy atom. The number of aromatic nitrogens is 2. The Hall–Kier alpha value is -3.24. The van der Waals surface area contributed by atoms with Crippen molar-refractivity contribution in [3.05, 3.63) is 70.8 Å². The lowest BCUT2D eigenvalue weighted by molar-refractivity contribution is 0.570. The number of benzene rings is 2. The number of nitrogens with one attached hydrogen (secondary N) is 3. The summed E-state index contributed by atoms with van der Waals surface area (Å²) in [6.07, 6.45) is 1.54. The molecule has 0 saturated carbocycles. The molecule has 3 rings (SSSR count). The van der Waals surface area contributed by atoms with Gasteiger partial charge in [-0.15, -0.1) is 12.4 Å². The van der Waals surface area contributed by atoms with Gasteiger partial charge in [-0.2, -0.15) is 0 Å². The van der Waals surface area contributed by atoms with Crippen molar-refractivity contribution >= 4 is 62.7 Å². The van der Waals surface area contributed by atoms with Crippen LogP contribution in [0.1, 0.15) is 0 Å². The van der Waals surface area contributed by atoms with Gasteiger partial charge >= 0.3 is 0 Å². The first-order chi connectivity index (χ1) is 16.1. The molecule has 1 aromatic heterocycles. The molecule has 3 aromatic rings. The zero-order chi connectivity index (χ0) is 24.9. The molecule has 0 fully saturated rings. The average molecular weight is 544 g/mol. The first kappa shape index (κ1) is 28.0. The number of halogens is 4. The smallest absolute Gasteiger partial charge is 0.267 e. The summed E-state index contributed by atoms with van der Waals surface area (Å²) in [7, 11) is -0.786. The van der Waals surface area contributed by atoms with Crippen molar-refractivity contribution in [1.29, 1.82) is 0 Å². The van der Waals surface area contributed by atoms with Gasteiger partial charge in [0.15, 0.2) is 11.5 Å². The maximum absolute atomic E-state index is 14.9. The fraction of sp³-hybridized carbons (Fsp3) is 0.190. The third-order valence-electron chi connectivity index (χ3n) is 4.65. The van der Waals surface area contributed by atoms with Gasteiger partial charge in [-0.3, -0.25) is 0 Å². The summed E-state index contributed by atoms with van der Waals surface area (Å²) in [5, 5.41) is 5.98. The lowest BCUT2D eigenvalue weighted by atomic mass is 10.2. The molecule has 2 aromatic carbocycles. The van der Waals surface area contributed by atoms with Gasteiger partial charge in [0.2, 0.25) is 5.95 Å². The highest BCUT2D eigenvalue weighted by Crippen LogP contribution is 2.36. The van der Waals surface area contributed by atoms with Crippen molar-refractivity contribution in [3.8, 4) is 0 Å². The lowest BCUT2D eigenvalue weighted by Gasteiger charge is -2.24. The highest BCUT2D eigenvalue weighted by atomic mass is 35.5. The molecule has 0 unspecified atom stereocenters. The maximum Gasteiger partial charge on any atom is 0.267 e. The number of anilines is 4. The van der Waals surface area contributed by atoms with Crippen LogP contribution in [0.15, 0.2) is 47.6 Å². The van der Waals surface area contributed by atoms with E-state index in [0.717, 1.165) is 24.5 Å². The summed E-state index contributed by atoms with van der Waals surface area (Å²) >= 11 is 6.28. The van der Waals surface area contributed by atoms with E-state index in [4.69, 9.17) is 18.2 Å². The first-order valence-corrected chi connectivity index (χ1v) is 11.6. The Labute approximate surface area is 212 Å². The fourth-order valence-electron chi connectivity index (χ4n) is 2.93. The fourth-order valence-corrected chi connectivity index (χ4v) is 4.25. The van der Waals surface area contributed by atoms with Crippen LogP contribution in [-0.4, -0.2) is 45.6 Å². The van der Waals surface area contributed by atoms with Gasteiger partial charge in [-0.25, -0.2) is 36.7 Å². The molecule has 0 spiro atoms. The summed E-state index contributed by atoms with van der Waals surface area (Å²) < 4.78 is 55.0. The van der Waals surface area contributed by atoms with Crippen LogP contribution < -0.4 is 20.3 Å². The van der Waals surface area contributed by atoms with Gasteiger partial charge in [-0.05, 0) is 25.2 Å². The third kappa shape index (κ3) is 6.89. The van der Waals surface area contributed by atoms with E-state index in [2.05, 4.69) is 25.4 Å². The standard InChI is InChI=1S/C21H20ClF2N7O2S.ClH/c1-25-6-7-31(3)19-8-14(26-2)4-5-17(19)29-18-10-16(24)20(9-15(18)22)34(32,33)30-21-27-11-13(23)12-28-21;/h4-5,8-12,25,29H,6-7H2,1,3H3,(H,27,28,30);1H. The molecule has 3 N–H and O–H groups in total. The molecule has 0 aliphatic heterocycles. The zero-order valence-electron chi connectivity index (χ0n) is 18.5. The predicted molar refractivity (Wildman–Crippen MR) is 135 cm³/mol. The van der Waals surface area contributed by atoms with Crippen molar-refractivity contribution in [2.24, 2.45) is 0 Å². The summed E-state index contributed by atoms with van der Waals surface area (Å²) in [4.78, 5) is 11.6. The number of rotatable bonds is 9. The molecule has 186 valence electrons. The second-order valence-electron chi connectivity index (χ2n) is 7.06. The van der Waals surface area contributed by atoms with Gasteiger partial charge in [-0.1, -0.05) is 17.7 Å². The second kappa shape index (κ2) is 11.9. The highest BCUT2D eigenvalue weighted by molar-refractivity contribution is 7.92. The minimum atomic E-state index is -4.44. The zero-order valence-corrected chi connectivity index (χ0v) is 20.9. The molecule has 0 bridgehead atoms. The van der Waals surface area contributed by atoms with Gasteiger partial charge in [0.05, 0.1) is 35.4 Å². The molecule has 0 saturated heterocycles. The van der Waals surface area contributed by atoms with E-state index in [1.807, 2.05) is 23.7 Å². The predicted octanol–water partition coefficient (Wildman–Crippen LogP) is 4.58. The SMILES string of the molecule is Cl.[C-]#[N+]c1ccc(Nc2cc(F)c(S(=O)(=O)Nc3ncc(F)cn3)cc2Cl)c(N(C)CCNC)c1. The Bertz CT molecular complexity index is 1340. The van der Waals surface area contributed by atoms with Crippen molar-refractivity contribution < 1.29 is 17.2 Å². The van der Waals surface area contributed by atoms with E-state index in [1.165, 1.54) is 0 Å². The number of hydrogen-bond donors (Lipinski definition) is 3. The van der Waals surface area contributed by atoms with Gasteiger partial charge < -0.3 is 15.5 Å². The van der Waals surface area contributed by atoms with Crippen molar-refractivity contribution in [3.63, 3.8) is 0 Å². The van der Waals surface area contributed by atoms with E-state index < -0.39 is 32.5 Å². The summed E-state index contributed by atoms with van der Waals surface area (Å²) in [5.41, 5.74) is 1.76. The molecule has 0 aliphatic rings. The molecule has 1 heterocycles. The number of nitrogens with zero attached hydrogens (tertiary/aromatic N) is 4. The van der Waals surface area contributed by atoms with Crippen LogP contribution in [0.2, 0.25) is 5.02 Å². The third-order valence-corrected chi connectivity index (χ3v) is 6.30. The van der Waals surface area contributed by atoms with Crippen LogP contribution in [0.5, 0.6) is 0 Å². The summed E-state index contributed by atoms with van der Waals surface area (Å²) in [6.45, 7) is 8.57. The van der Waals surface area contributed by atoms with Crippen molar-refractivity contribution in [2.45, 2.75) is 4.90 Å². The van der Waals surface area contributed by atoms with Crippen LogP contribution in [0.4, 0.5) is 37.5 Å². The molecule has 0 amide bonds. The minimum absolute atomic E-state index is 0. The number of likely N-dealkylation sites (N-methyl/N-ethyl adjacent to an activating group) is 2. The minimum Gasteiger partial charge on any atom is -0.373 e. The summed E-state index contributed by atoms with van der Waals surface area (Å²) in [5.74, 6) is -2.26. The molecule has 0 aliphatic carbocycles. The Morgan fingerprint density at radius 3 is 2.46 bits per heavy atom. The molecule has 35 heavy (non-hydrogen) atoms. The second-order valence-corrected chi connectivity index (χ2v) is 9.11. The highest BCUT2D eigenvalue weighted by Gasteiger charge is 2.23. The Balaban J connectivity index is 0.00000432. The molecule has 0 radical (unpaired) electrons. The average Bonchev–Trinajstić information content (AvgIpc) is 2.81. The number of sulfonamides is 1. The van der Waals surface area contributed by atoms with Gasteiger partial charge in [0.1, 0.15) is 10.7 Å². The first-order valence-electron chi connectivity index (χ1n) is 9.78. The molecular weight excluding hydrogens is 523 g/mol. The van der Waals surface area contributed by atoms with Crippen LogP contribution in [-0.2, 0) is 10.0 Å². The van der Waals surface area contributed by atoms with Crippen LogP contribution in [0.3, 0.4) is 0 Å². The number of hydrogen-bond acceptors (Lipinski definition) is 7. The topological polar surface area (TPSA) is 104 Å². The van der Waals surface area contributed by atoms with Crippen molar-refractivity contribution in [1.82, 2.24) is 15.3 Å². The van der Waals surface area contributed by atoms with E-state index in [-0.39, 0.29) is 23.1 Å². The quantitative estimate of drug-likeness (QED) is 0.339. The molecule has 9 nitrogen and oxygen atoms in total. The van der Waals surface area contributed by atoms with E-state index in [9.17, 15) is 17.2 Å². The van der Waals surface area contributed by atoms with Crippen LogP contribution in [0.25, 0.3) is 4.85 Å². The normalized spacial score (nSPS) is 10.7. The van der Waals surface area contributed by atoms with E-state index in [1.54, 1.807) is 18.2 Å². The molecule has 0 atom stereocenters. The van der Waals surface area contributed by atoms with Gasteiger partial charge in [0, 0.05) is 31.9 Å². The van der Waals surface area contributed by atoms with Gasteiger partial charge in [0.25, 0.3) is 10.0 Å². The monoisotopic (exact) mass is 543 g/mol. The Morgan fingerprint density at radius 2 is 1.83 bits per heavy atom. The van der Waals surface area contributed by atoms with Crippen LogP contribution in [0, 0.1) is 18.2 Å². The largest absolute Gasteiger partial charge is 0.373 e. The lowest BCUT2D eigenvalue weighted by Crippen LogP contribution is -2.27. The Kier molecular flexibility index (Phi) is 9.55. The summed E-state index contributed by atoms with van der Waals surface area (Å²) in [6, 6.07) is 6.83. The molecule has 14 heteroatoms. The molecular formula is C21H21Cl2F2N7O2S. The van der Waals surface area contributed by atoms with Crippen LogP contribution >= 0.6 is 24.0 Å². The van der Waals surface area contributed by atoms with E-state index >= 15 is 0 Å². The van der Waals surface area contributed by atoms with E-state index in [0.29, 0.717) is 30.2 Å². The van der Waals surface area contributed by atoms with Crippen molar-refractivity contribution in [2.75, 3.05) is 42.1 Å². The maximum atomic E-state index is 14.9.